The van der Waals surface area contributed by atoms with E-state index in [1.807, 2.05) is 0 Å². The second-order valence-corrected chi connectivity index (χ2v) is 8.92. The predicted octanol–water partition coefficient (Wildman–Crippen LogP) is 5.66. The quantitative estimate of drug-likeness (QED) is 0.618. The second-order valence-electron chi connectivity index (χ2n) is 8.92. The zero-order valence-corrected chi connectivity index (χ0v) is 15.2. The molecule has 3 rings (SSSR count). The van der Waals surface area contributed by atoms with Crippen molar-refractivity contribution in [3.8, 4) is 0 Å². The molecule has 7 atom stereocenters. The molecule has 0 aromatic heterocycles. The van der Waals surface area contributed by atoms with Crippen molar-refractivity contribution in [3.05, 3.63) is 24.1 Å². The standard InChI is InChI=1S/C21H33FO/c1-6-16-13(2)7-8-18-17(16)11-15(12-22)21(5)19(23)14(3)9-10-20(18,21)4/h12-13,16-19,23H,3,6-11H2,1-2,4-5H3/b15-12+. The van der Waals surface area contributed by atoms with Crippen LogP contribution in [0.4, 0.5) is 4.39 Å². The van der Waals surface area contributed by atoms with E-state index >= 15 is 0 Å². The summed E-state index contributed by atoms with van der Waals surface area (Å²) >= 11 is 0. The molecule has 130 valence electrons. The summed E-state index contributed by atoms with van der Waals surface area (Å²) in [5, 5.41) is 11.0. The summed E-state index contributed by atoms with van der Waals surface area (Å²) in [6.45, 7) is 13.2. The molecule has 7 unspecified atom stereocenters. The minimum Gasteiger partial charge on any atom is -0.388 e. The number of hydrogen-bond donors (Lipinski definition) is 1. The van der Waals surface area contributed by atoms with Gasteiger partial charge in [0.15, 0.2) is 0 Å². The lowest BCUT2D eigenvalue weighted by Gasteiger charge is -2.65. The van der Waals surface area contributed by atoms with Gasteiger partial charge in [0.1, 0.15) is 0 Å². The molecule has 2 heteroatoms. The van der Waals surface area contributed by atoms with Gasteiger partial charge in [-0.15, -0.1) is 0 Å². The van der Waals surface area contributed by atoms with E-state index in [9.17, 15) is 9.50 Å². The maximum atomic E-state index is 13.9. The van der Waals surface area contributed by atoms with E-state index in [4.69, 9.17) is 0 Å². The van der Waals surface area contributed by atoms with Gasteiger partial charge in [-0.05, 0) is 65.9 Å². The number of fused-ring (bicyclic) bond motifs is 3. The molecule has 3 saturated carbocycles. The molecule has 3 aliphatic carbocycles. The Labute approximate surface area is 141 Å². The van der Waals surface area contributed by atoms with Crippen molar-refractivity contribution in [1.82, 2.24) is 0 Å². The van der Waals surface area contributed by atoms with Crippen molar-refractivity contribution in [2.45, 2.75) is 72.3 Å². The van der Waals surface area contributed by atoms with Crippen LogP contribution in [-0.2, 0) is 0 Å². The van der Waals surface area contributed by atoms with E-state index in [0.717, 1.165) is 42.7 Å². The third kappa shape index (κ3) is 2.13. The van der Waals surface area contributed by atoms with Crippen LogP contribution >= 0.6 is 0 Å². The van der Waals surface area contributed by atoms with Gasteiger partial charge in [0.2, 0.25) is 0 Å². The minimum absolute atomic E-state index is 0.0258. The molecule has 1 N–H and O–H groups in total. The summed E-state index contributed by atoms with van der Waals surface area (Å²) in [5.41, 5.74) is 1.21. The molecule has 0 spiro atoms. The predicted molar refractivity (Wildman–Crippen MR) is 93.6 cm³/mol. The largest absolute Gasteiger partial charge is 0.388 e. The lowest BCUT2D eigenvalue weighted by molar-refractivity contribution is -0.139. The second kappa shape index (κ2) is 5.72. The summed E-state index contributed by atoms with van der Waals surface area (Å²) in [6, 6.07) is 0. The summed E-state index contributed by atoms with van der Waals surface area (Å²) < 4.78 is 13.9. The SMILES string of the molecule is C=C1CCC2(C)C3CCC(C)C(CC)C3C/C(=C\F)C2(C)C1O. The normalized spacial score (nSPS) is 52.2. The summed E-state index contributed by atoms with van der Waals surface area (Å²) in [5.74, 6) is 2.59. The number of rotatable bonds is 1. The van der Waals surface area contributed by atoms with Gasteiger partial charge in [-0.3, -0.25) is 0 Å². The molecule has 0 saturated heterocycles. The topological polar surface area (TPSA) is 20.2 Å². The van der Waals surface area contributed by atoms with E-state index in [0.29, 0.717) is 17.8 Å². The highest BCUT2D eigenvalue weighted by atomic mass is 19.1. The average Bonchev–Trinajstić information content (AvgIpc) is 2.53. The summed E-state index contributed by atoms with van der Waals surface area (Å²) in [4.78, 5) is 0. The lowest BCUT2D eigenvalue weighted by atomic mass is 9.39. The van der Waals surface area contributed by atoms with Crippen LogP contribution in [0.1, 0.15) is 66.2 Å². The first kappa shape index (κ1) is 17.2. The Morgan fingerprint density at radius 2 is 2.04 bits per heavy atom. The first-order valence-corrected chi connectivity index (χ1v) is 9.46. The van der Waals surface area contributed by atoms with Crippen LogP contribution in [0.2, 0.25) is 0 Å². The fourth-order valence-corrected chi connectivity index (χ4v) is 6.65. The Morgan fingerprint density at radius 1 is 1.35 bits per heavy atom. The smallest absolute Gasteiger partial charge is 0.0865 e. The molecule has 0 aliphatic heterocycles. The van der Waals surface area contributed by atoms with Gasteiger partial charge < -0.3 is 5.11 Å². The van der Waals surface area contributed by atoms with E-state index in [2.05, 4.69) is 34.3 Å². The molecule has 0 heterocycles. The lowest BCUT2D eigenvalue weighted by Crippen LogP contribution is -2.61. The van der Waals surface area contributed by atoms with Crippen molar-refractivity contribution in [3.63, 3.8) is 0 Å². The minimum atomic E-state index is -0.608. The van der Waals surface area contributed by atoms with Gasteiger partial charge in [0.25, 0.3) is 0 Å². The Balaban J connectivity index is 2.09. The molecule has 1 nitrogen and oxygen atoms in total. The third-order valence-electron chi connectivity index (χ3n) is 8.36. The van der Waals surface area contributed by atoms with E-state index in [1.165, 1.54) is 19.3 Å². The first-order chi connectivity index (χ1) is 10.8. The average molecular weight is 320 g/mol. The first-order valence-electron chi connectivity index (χ1n) is 9.46. The highest BCUT2D eigenvalue weighted by Gasteiger charge is 2.63. The van der Waals surface area contributed by atoms with Gasteiger partial charge in [0, 0.05) is 5.41 Å². The van der Waals surface area contributed by atoms with E-state index in [-0.39, 0.29) is 5.41 Å². The van der Waals surface area contributed by atoms with Crippen molar-refractivity contribution in [1.29, 1.82) is 0 Å². The van der Waals surface area contributed by atoms with Crippen molar-refractivity contribution in [2.75, 3.05) is 0 Å². The Hall–Kier alpha value is -0.630. The molecule has 23 heavy (non-hydrogen) atoms. The van der Waals surface area contributed by atoms with Gasteiger partial charge in [0.05, 0.1) is 12.4 Å². The van der Waals surface area contributed by atoms with Crippen LogP contribution in [-0.4, -0.2) is 11.2 Å². The van der Waals surface area contributed by atoms with Crippen LogP contribution in [0.5, 0.6) is 0 Å². The van der Waals surface area contributed by atoms with Crippen molar-refractivity contribution in [2.24, 2.45) is 34.5 Å². The summed E-state index contributed by atoms with van der Waals surface area (Å²) in [6.07, 6.45) is 6.63. The van der Waals surface area contributed by atoms with E-state index < -0.39 is 11.5 Å². The molecule has 0 aromatic rings. The maximum Gasteiger partial charge on any atom is 0.0865 e. The van der Waals surface area contributed by atoms with Crippen LogP contribution in [0.25, 0.3) is 0 Å². The molecular weight excluding hydrogens is 287 g/mol. The summed E-state index contributed by atoms with van der Waals surface area (Å²) in [7, 11) is 0. The fraction of sp³-hybridized carbons (Fsp3) is 0.810. The molecule has 0 amide bonds. The zero-order valence-electron chi connectivity index (χ0n) is 15.2. The zero-order chi connectivity index (χ0) is 17.0. The molecule has 0 radical (unpaired) electrons. The van der Waals surface area contributed by atoms with Gasteiger partial charge >= 0.3 is 0 Å². The highest BCUT2D eigenvalue weighted by Crippen LogP contribution is 2.68. The van der Waals surface area contributed by atoms with Crippen LogP contribution in [0.3, 0.4) is 0 Å². The van der Waals surface area contributed by atoms with Gasteiger partial charge in [-0.25, -0.2) is 4.39 Å². The Bertz CT molecular complexity index is 524. The third-order valence-corrected chi connectivity index (χ3v) is 8.36. The van der Waals surface area contributed by atoms with Crippen LogP contribution < -0.4 is 0 Å². The number of aliphatic hydroxyl groups is 1. The molecule has 0 bridgehead atoms. The van der Waals surface area contributed by atoms with Gasteiger partial charge in [-0.1, -0.05) is 47.1 Å². The number of aliphatic hydroxyl groups excluding tert-OH is 1. The number of halogens is 1. The molecule has 3 aliphatic rings. The monoisotopic (exact) mass is 320 g/mol. The molecular formula is C21H33FO. The van der Waals surface area contributed by atoms with E-state index in [1.54, 1.807) is 0 Å². The molecule has 3 fully saturated rings. The fourth-order valence-electron chi connectivity index (χ4n) is 6.65. The van der Waals surface area contributed by atoms with Crippen LogP contribution in [0, 0.1) is 34.5 Å². The maximum absolute atomic E-state index is 13.9. The number of hydrogen-bond acceptors (Lipinski definition) is 1. The Morgan fingerprint density at radius 3 is 2.65 bits per heavy atom. The van der Waals surface area contributed by atoms with Crippen molar-refractivity contribution < 1.29 is 9.50 Å². The Kier molecular flexibility index (Phi) is 4.28. The van der Waals surface area contributed by atoms with Crippen molar-refractivity contribution >= 4 is 0 Å². The van der Waals surface area contributed by atoms with Gasteiger partial charge in [-0.2, -0.15) is 0 Å². The van der Waals surface area contributed by atoms with Crippen LogP contribution in [0.15, 0.2) is 24.1 Å². The molecule has 0 aromatic carbocycles. The highest BCUT2D eigenvalue weighted by molar-refractivity contribution is 5.33.